The quantitative estimate of drug-likeness (QED) is 0.770. The SMILES string of the molecule is CC1(C)CNCC1NC(=O)CCc1ccccc1.O=C(O)C(F)(F)F. The van der Waals surface area contributed by atoms with Gasteiger partial charge in [0.25, 0.3) is 0 Å². The number of carboxylic acids is 1. The minimum atomic E-state index is -5.08. The molecule has 1 fully saturated rings. The molecule has 25 heavy (non-hydrogen) atoms. The summed E-state index contributed by atoms with van der Waals surface area (Å²) in [5, 5.41) is 13.6. The van der Waals surface area contributed by atoms with Crippen molar-refractivity contribution in [3.05, 3.63) is 35.9 Å². The van der Waals surface area contributed by atoms with E-state index in [9.17, 15) is 18.0 Å². The van der Waals surface area contributed by atoms with Crippen LogP contribution in [-0.4, -0.2) is 42.3 Å². The Kier molecular flexibility index (Phi) is 7.41. The number of aliphatic carboxylic acids is 1. The first-order valence-corrected chi connectivity index (χ1v) is 7.86. The van der Waals surface area contributed by atoms with E-state index in [1.165, 1.54) is 5.56 Å². The molecule has 8 heteroatoms. The van der Waals surface area contributed by atoms with Crippen LogP contribution in [0.1, 0.15) is 25.8 Å². The molecule has 1 atom stereocenters. The minimum Gasteiger partial charge on any atom is -0.475 e. The fourth-order valence-electron chi connectivity index (χ4n) is 2.35. The number of nitrogens with one attached hydrogen (secondary N) is 2. The Morgan fingerprint density at radius 3 is 2.28 bits per heavy atom. The number of aryl methyl sites for hydroxylation is 1. The highest BCUT2D eigenvalue weighted by molar-refractivity contribution is 5.76. The molecule has 1 unspecified atom stereocenters. The third-order valence-electron chi connectivity index (χ3n) is 3.93. The number of hydrogen-bond acceptors (Lipinski definition) is 3. The Labute approximate surface area is 144 Å². The van der Waals surface area contributed by atoms with E-state index in [2.05, 4.69) is 36.6 Å². The number of halogens is 3. The van der Waals surface area contributed by atoms with E-state index in [1.807, 2.05) is 18.2 Å². The molecule has 0 bridgehead atoms. The zero-order valence-electron chi connectivity index (χ0n) is 14.2. The smallest absolute Gasteiger partial charge is 0.475 e. The molecule has 2 rings (SSSR count). The lowest BCUT2D eigenvalue weighted by Crippen LogP contribution is -2.44. The lowest BCUT2D eigenvalue weighted by molar-refractivity contribution is -0.192. The van der Waals surface area contributed by atoms with Crippen LogP contribution >= 0.6 is 0 Å². The van der Waals surface area contributed by atoms with Gasteiger partial charge in [0, 0.05) is 25.6 Å². The van der Waals surface area contributed by atoms with E-state index in [-0.39, 0.29) is 17.4 Å². The van der Waals surface area contributed by atoms with Crippen LogP contribution in [0.2, 0.25) is 0 Å². The summed E-state index contributed by atoms with van der Waals surface area (Å²) in [5.41, 5.74) is 1.37. The van der Waals surface area contributed by atoms with Gasteiger partial charge in [0.2, 0.25) is 5.91 Å². The average Bonchev–Trinajstić information content (AvgIpc) is 2.84. The van der Waals surface area contributed by atoms with Crippen molar-refractivity contribution in [2.24, 2.45) is 5.41 Å². The summed E-state index contributed by atoms with van der Waals surface area (Å²) in [6, 6.07) is 10.4. The first-order valence-electron chi connectivity index (χ1n) is 7.86. The predicted molar refractivity (Wildman–Crippen MR) is 87.0 cm³/mol. The summed E-state index contributed by atoms with van der Waals surface area (Å²) >= 11 is 0. The van der Waals surface area contributed by atoms with E-state index in [1.54, 1.807) is 0 Å². The van der Waals surface area contributed by atoms with Gasteiger partial charge in [0.05, 0.1) is 0 Å². The molecule has 1 amide bonds. The van der Waals surface area contributed by atoms with Crippen LogP contribution < -0.4 is 10.6 Å². The zero-order valence-corrected chi connectivity index (χ0v) is 14.2. The third-order valence-corrected chi connectivity index (χ3v) is 3.93. The maximum absolute atomic E-state index is 11.9. The van der Waals surface area contributed by atoms with Crippen LogP contribution in [0.5, 0.6) is 0 Å². The van der Waals surface area contributed by atoms with E-state index in [0.29, 0.717) is 6.42 Å². The monoisotopic (exact) mass is 360 g/mol. The van der Waals surface area contributed by atoms with Gasteiger partial charge in [0.15, 0.2) is 0 Å². The summed E-state index contributed by atoms with van der Waals surface area (Å²) in [7, 11) is 0. The van der Waals surface area contributed by atoms with Gasteiger partial charge in [-0.05, 0) is 17.4 Å². The number of carboxylic acid groups (broad SMARTS) is 1. The number of amides is 1. The molecule has 1 aromatic carbocycles. The van der Waals surface area contributed by atoms with Gasteiger partial charge in [-0.15, -0.1) is 0 Å². The second-order valence-corrected chi connectivity index (χ2v) is 6.53. The van der Waals surface area contributed by atoms with Crippen LogP contribution in [0.3, 0.4) is 0 Å². The Hall–Kier alpha value is -2.09. The number of benzene rings is 1. The van der Waals surface area contributed by atoms with E-state index < -0.39 is 12.1 Å². The van der Waals surface area contributed by atoms with Gasteiger partial charge in [-0.3, -0.25) is 4.79 Å². The Bertz CT molecular complexity index is 574. The first-order chi connectivity index (χ1) is 11.5. The minimum absolute atomic E-state index is 0.153. The zero-order chi connectivity index (χ0) is 19.1. The van der Waals surface area contributed by atoms with Crippen molar-refractivity contribution < 1.29 is 27.9 Å². The molecule has 1 aliphatic rings. The van der Waals surface area contributed by atoms with E-state index in [0.717, 1.165) is 19.5 Å². The molecule has 1 aliphatic heterocycles. The Morgan fingerprint density at radius 2 is 1.84 bits per heavy atom. The van der Waals surface area contributed by atoms with Gasteiger partial charge in [0.1, 0.15) is 0 Å². The third kappa shape index (κ3) is 7.55. The molecule has 1 heterocycles. The normalized spacial score (nSPS) is 18.8. The predicted octanol–water partition coefficient (Wildman–Crippen LogP) is 2.37. The summed E-state index contributed by atoms with van der Waals surface area (Å²) in [6.45, 7) is 6.23. The van der Waals surface area contributed by atoms with E-state index >= 15 is 0 Å². The largest absolute Gasteiger partial charge is 0.490 e. The topological polar surface area (TPSA) is 78.4 Å². The van der Waals surface area contributed by atoms with Crippen LogP contribution in [0, 0.1) is 5.41 Å². The molecule has 0 spiro atoms. The highest BCUT2D eigenvalue weighted by Crippen LogP contribution is 2.23. The Morgan fingerprint density at radius 1 is 1.28 bits per heavy atom. The molecular formula is C17H23F3N2O3. The van der Waals surface area contributed by atoms with Crippen molar-refractivity contribution in [3.8, 4) is 0 Å². The van der Waals surface area contributed by atoms with Crippen LogP contribution in [0.25, 0.3) is 0 Å². The van der Waals surface area contributed by atoms with Gasteiger partial charge in [-0.25, -0.2) is 4.79 Å². The number of alkyl halides is 3. The molecule has 1 saturated heterocycles. The van der Waals surface area contributed by atoms with E-state index in [4.69, 9.17) is 9.90 Å². The molecule has 0 aromatic heterocycles. The van der Waals surface area contributed by atoms with Crippen LogP contribution in [0.4, 0.5) is 13.2 Å². The van der Waals surface area contributed by atoms with Gasteiger partial charge < -0.3 is 15.7 Å². The van der Waals surface area contributed by atoms with Crippen LogP contribution in [0.15, 0.2) is 30.3 Å². The molecule has 5 nitrogen and oxygen atoms in total. The number of carbonyl (C=O) groups is 2. The van der Waals surface area contributed by atoms with Gasteiger partial charge in [-0.2, -0.15) is 13.2 Å². The molecule has 0 radical (unpaired) electrons. The standard InChI is InChI=1S/C15H22N2O.C2HF3O2/c1-15(2)11-16-10-13(15)17-14(18)9-8-12-6-4-3-5-7-12;3-2(4,5)1(6)7/h3-7,13,16H,8-11H2,1-2H3,(H,17,18);(H,6,7). The maximum Gasteiger partial charge on any atom is 0.490 e. The average molecular weight is 360 g/mol. The fraction of sp³-hybridized carbons (Fsp3) is 0.529. The first kappa shape index (κ1) is 21.0. The highest BCUT2D eigenvalue weighted by Gasteiger charge is 2.38. The second kappa shape index (κ2) is 8.84. The number of hydrogen-bond donors (Lipinski definition) is 3. The van der Waals surface area contributed by atoms with Crippen molar-refractivity contribution in [1.82, 2.24) is 10.6 Å². The van der Waals surface area contributed by atoms with Gasteiger partial charge in [-0.1, -0.05) is 44.2 Å². The molecule has 0 saturated carbocycles. The molecule has 1 aromatic rings. The lowest BCUT2D eigenvalue weighted by Gasteiger charge is -2.26. The molecule has 140 valence electrons. The molecule has 3 N–H and O–H groups in total. The highest BCUT2D eigenvalue weighted by atomic mass is 19.4. The summed E-state index contributed by atoms with van der Waals surface area (Å²) in [5.74, 6) is -2.60. The number of carbonyl (C=O) groups excluding carboxylic acids is 1. The summed E-state index contributed by atoms with van der Waals surface area (Å²) in [6.07, 6.45) is -3.70. The Balaban J connectivity index is 0.000000381. The fourth-order valence-corrected chi connectivity index (χ4v) is 2.35. The summed E-state index contributed by atoms with van der Waals surface area (Å²) in [4.78, 5) is 20.8. The van der Waals surface area contributed by atoms with Crippen molar-refractivity contribution in [3.63, 3.8) is 0 Å². The van der Waals surface area contributed by atoms with Crippen molar-refractivity contribution in [2.75, 3.05) is 13.1 Å². The van der Waals surface area contributed by atoms with Gasteiger partial charge >= 0.3 is 12.1 Å². The van der Waals surface area contributed by atoms with Crippen molar-refractivity contribution in [2.45, 2.75) is 38.9 Å². The van der Waals surface area contributed by atoms with Crippen LogP contribution in [-0.2, 0) is 16.0 Å². The molecular weight excluding hydrogens is 337 g/mol. The van der Waals surface area contributed by atoms with Crippen molar-refractivity contribution >= 4 is 11.9 Å². The molecule has 0 aliphatic carbocycles. The number of rotatable bonds is 4. The lowest BCUT2D eigenvalue weighted by atomic mass is 9.88. The van der Waals surface area contributed by atoms with Crippen molar-refractivity contribution in [1.29, 1.82) is 0 Å². The second-order valence-electron chi connectivity index (χ2n) is 6.53. The summed E-state index contributed by atoms with van der Waals surface area (Å²) < 4.78 is 31.7. The maximum atomic E-state index is 11.9.